The third-order valence-electron chi connectivity index (χ3n) is 2.79. The standard InChI is InChI=1S/C15H11BrN2O3S/c16-13-6-5-12(21-13)14(19)18-9-10-1-3-11(4-2-10)20-15-17-7-8-22-15/h1-8H,9H2,(H,18,19). The van der Waals surface area contributed by atoms with Crippen molar-refractivity contribution in [2.24, 2.45) is 0 Å². The van der Waals surface area contributed by atoms with Crippen molar-refractivity contribution in [2.45, 2.75) is 6.54 Å². The van der Waals surface area contributed by atoms with Crippen LogP contribution in [-0.4, -0.2) is 10.9 Å². The van der Waals surface area contributed by atoms with E-state index < -0.39 is 0 Å². The van der Waals surface area contributed by atoms with Crippen LogP contribution in [0.3, 0.4) is 0 Å². The fourth-order valence-electron chi connectivity index (χ4n) is 1.74. The van der Waals surface area contributed by atoms with Gasteiger partial charge in [0.2, 0.25) is 0 Å². The molecule has 1 aromatic carbocycles. The number of nitrogens with zero attached hydrogens (tertiary/aromatic N) is 1. The SMILES string of the molecule is O=C(NCc1ccc(Oc2nccs2)cc1)c1ccc(Br)o1. The van der Waals surface area contributed by atoms with Crippen molar-refractivity contribution >= 4 is 33.2 Å². The van der Waals surface area contributed by atoms with Crippen molar-refractivity contribution in [2.75, 3.05) is 0 Å². The Morgan fingerprint density at radius 3 is 2.73 bits per heavy atom. The Hall–Kier alpha value is -2.12. The second-order valence-corrected chi connectivity index (χ2v) is 5.97. The molecule has 0 bridgehead atoms. The van der Waals surface area contributed by atoms with Crippen molar-refractivity contribution in [3.05, 3.63) is 64.0 Å². The highest BCUT2D eigenvalue weighted by molar-refractivity contribution is 9.10. The van der Waals surface area contributed by atoms with Gasteiger partial charge in [-0.3, -0.25) is 4.79 Å². The average molecular weight is 379 g/mol. The Bertz CT molecular complexity index is 753. The smallest absolute Gasteiger partial charge is 0.287 e. The van der Waals surface area contributed by atoms with Crippen molar-refractivity contribution in [3.63, 3.8) is 0 Å². The third-order valence-corrected chi connectivity index (χ3v) is 3.86. The van der Waals surface area contributed by atoms with Crippen molar-refractivity contribution in [1.82, 2.24) is 10.3 Å². The molecule has 0 aliphatic heterocycles. The van der Waals surface area contributed by atoms with Crippen LogP contribution in [0.2, 0.25) is 0 Å². The normalized spacial score (nSPS) is 10.4. The summed E-state index contributed by atoms with van der Waals surface area (Å²) >= 11 is 4.59. The van der Waals surface area contributed by atoms with E-state index in [9.17, 15) is 4.79 Å². The summed E-state index contributed by atoms with van der Waals surface area (Å²) in [6.07, 6.45) is 1.69. The van der Waals surface area contributed by atoms with Gasteiger partial charge in [0, 0.05) is 18.1 Å². The maximum absolute atomic E-state index is 11.9. The summed E-state index contributed by atoms with van der Waals surface area (Å²) in [6, 6.07) is 10.8. The zero-order valence-electron chi connectivity index (χ0n) is 11.3. The van der Waals surface area contributed by atoms with E-state index in [1.54, 1.807) is 18.3 Å². The number of thiazole rings is 1. The van der Waals surface area contributed by atoms with Gasteiger partial charge in [-0.1, -0.05) is 23.5 Å². The van der Waals surface area contributed by atoms with Gasteiger partial charge < -0.3 is 14.5 Å². The molecule has 0 radical (unpaired) electrons. The van der Waals surface area contributed by atoms with Gasteiger partial charge in [-0.15, -0.1) is 0 Å². The van der Waals surface area contributed by atoms with Crippen LogP contribution in [0.4, 0.5) is 0 Å². The topological polar surface area (TPSA) is 64.4 Å². The maximum Gasteiger partial charge on any atom is 0.287 e. The zero-order chi connectivity index (χ0) is 15.4. The zero-order valence-corrected chi connectivity index (χ0v) is 13.7. The largest absolute Gasteiger partial charge is 0.444 e. The number of nitrogens with one attached hydrogen (secondary N) is 1. The number of carbonyl (C=O) groups is 1. The maximum atomic E-state index is 11.9. The third kappa shape index (κ3) is 3.75. The van der Waals surface area contributed by atoms with Gasteiger partial charge >= 0.3 is 0 Å². The molecule has 5 nitrogen and oxygen atoms in total. The average Bonchev–Trinajstić information content (AvgIpc) is 3.18. The molecule has 0 aliphatic carbocycles. The monoisotopic (exact) mass is 378 g/mol. The first-order valence-corrected chi connectivity index (χ1v) is 8.08. The molecular formula is C15H11BrN2O3S. The highest BCUT2D eigenvalue weighted by atomic mass is 79.9. The first-order chi connectivity index (χ1) is 10.7. The quantitative estimate of drug-likeness (QED) is 0.721. The number of benzene rings is 1. The van der Waals surface area contributed by atoms with Gasteiger partial charge in [0.1, 0.15) is 5.75 Å². The number of rotatable bonds is 5. The molecule has 3 aromatic rings. The highest BCUT2D eigenvalue weighted by Gasteiger charge is 2.09. The Kier molecular flexibility index (Phi) is 4.55. The lowest BCUT2D eigenvalue weighted by atomic mass is 10.2. The Balaban J connectivity index is 1.56. The van der Waals surface area contributed by atoms with Crippen LogP contribution in [-0.2, 0) is 6.54 Å². The molecule has 7 heteroatoms. The minimum absolute atomic E-state index is 0.256. The van der Waals surface area contributed by atoms with E-state index >= 15 is 0 Å². The number of ether oxygens (including phenoxy) is 1. The summed E-state index contributed by atoms with van der Waals surface area (Å²) in [5.41, 5.74) is 0.963. The molecule has 0 atom stereocenters. The van der Waals surface area contributed by atoms with E-state index in [0.717, 1.165) is 5.56 Å². The van der Waals surface area contributed by atoms with Crippen LogP contribution in [0.15, 0.2) is 57.1 Å². The van der Waals surface area contributed by atoms with E-state index in [-0.39, 0.29) is 11.7 Å². The van der Waals surface area contributed by atoms with Crippen molar-refractivity contribution in [3.8, 4) is 10.9 Å². The van der Waals surface area contributed by atoms with Crippen LogP contribution < -0.4 is 10.1 Å². The van der Waals surface area contributed by atoms with Crippen molar-refractivity contribution < 1.29 is 13.9 Å². The van der Waals surface area contributed by atoms with Gasteiger partial charge in [-0.25, -0.2) is 4.98 Å². The molecule has 0 spiro atoms. The minimum atomic E-state index is -0.256. The predicted octanol–water partition coefficient (Wildman–Crippen LogP) is 4.22. The Morgan fingerprint density at radius 1 is 1.27 bits per heavy atom. The molecule has 0 aliphatic rings. The molecule has 22 heavy (non-hydrogen) atoms. The molecular weight excluding hydrogens is 368 g/mol. The highest BCUT2D eigenvalue weighted by Crippen LogP contribution is 2.23. The first kappa shape index (κ1) is 14.8. The predicted molar refractivity (Wildman–Crippen MR) is 86.2 cm³/mol. The molecule has 1 N–H and O–H groups in total. The van der Waals surface area contributed by atoms with Crippen LogP contribution >= 0.6 is 27.3 Å². The van der Waals surface area contributed by atoms with Gasteiger partial charge in [-0.05, 0) is 45.8 Å². The number of hydrogen-bond donors (Lipinski definition) is 1. The lowest BCUT2D eigenvalue weighted by Crippen LogP contribution is -2.22. The molecule has 0 fully saturated rings. The van der Waals surface area contributed by atoms with Crippen LogP contribution in [0, 0.1) is 0 Å². The van der Waals surface area contributed by atoms with Gasteiger partial charge in [0.15, 0.2) is 10.4 Å². The minimum Gasteiger partial charge on any atom is -0.444 e. The van der Waals surface area contributed by atoms with E-state index in [4.69, 9.17) is 9.15 Å². The second kappa shape index (κ2) is 6.76. The molecule has 3 rings (SSSR count). The number of halogens is 1. The fourth-order valence-corrected chi connectivity index (χ4v) is 2.55. The van der Waals surface area contributed by atoms with Crippen LogP contribution in [0.5, 0.6) is 10.9 Å². The number of carbonyl (C=O) groups excluding carboxylic acids is 1. The number of hydrogen-bond acceptors (Lipinski definition) is 5. The summed E-state index contributed by atoms with van der Waals surface area (Å²) in [6.45, 7) is 0.411. The Morgan fingerprint density at radius 2 is 2.09 bits per heavy atom. The van der Waals surface area contributed by atoms with Gasteiger partial charge in [0.05, 0.1) is 0 Å². The second-order valence-electron chi connectivity index (χ2n) is 4.33. The van der Waals surface area contributed by atoms with E-state index in [2.05, 4.69) is 26.2 Å². The fraction of sp³-hybridized carbons (Fsp3) is 0.0667. The number of furan rings is 1. The molecule has 0 unspecified atom stereocenters. The van der Waals surface area contributed by atoms with E-state index in [1.807, 2.05) is 29.6 Å². The molecule has 0 saturated carbocycles. The van der Waals surface area contributed by atoms with Crippen LogP contribution in [0.25, 0.3) is 0 Å². The molecule has 112 valence electrons. The lowest BCUT2D eigenvalue weighted by molar-refractivity contribution is 0.0922. The number of aromatic nitrogens is 1. The summed E-state index contributed by atoms with van der Waals surface area (Å²) in [7, 11) is 0. The van der Waals surface area contributed by atoms with E-state index in [1.165, 1.54) is 11.3 Å². The van der Waals surface area contributed by atoms with Gasteiger partial charge in [-0.2, -0.15) is 0 Å². The Labute approximate surface area is 139 Å². The summed E-state index contributed by atoms with van der Waals surface area (Å²) in [5, 5.41) is 5.24. The van der Waals surface area contributed by atoms with Crippen LogP contribution in [0.1, 0.15) is 16.1 Å². The van der Waals surface area contributed by atoms with Crippen molar-refractivity contribution in [1.29, 1.82) is 0 Å². The molecule has 2 heterocycles. The summed E-state index contributed by atoms with van der Waals surface area (Å²) < 4.78 is 11.3. The molecule has 1 amide bonds. The number of amides is 1. The van der Waals surface area contributed by atoms with E-state index in [0.29, 0.717) is 22.2 Å². The molecule has 0 saturated heterocycles. The molecule has 2 aromatic heterocycles. The lowest BCUT2D eigenvalue weighted by Gasteiger charge is -2.05. The van der Waals surface area contributed by atoms with Gasteiger partial charge in [0.25, 0.3) is 11.1 Å². The first-order valence-electron chi connectivity index (χ1n) is 6.40. The summed E-state index contributed by atoms with van der Waals surface area (Å²) in [5.74, 6) is 0.726. The summed E-state index contributed by atoms with van der Waals surface area (Å²) in [4.78, 5) is 15.9.